The molecule has 0 bridgehead atoms. The molecule has 2 atom stereocenters. The molecule has 104 valence electrons. The minimum Gasteiger partial charge on any atom is -0.334 e. The Balaban J connectivity index is 1.77. The number of carbonyl (C=O) groups is 1. The maximum atomic E-state index is 11.9. The summed E-state index contributed by atoms with van der Waals surface area (Å²) in [5, 5.41) is 4.51. The highest BCUT2D eigenvalue weighted by molar-refractivity contribution is 5.74. The Bertz CT molecular complexity index is 308. The second-order valence-corrected chi connectivity index (χ2v) is 4.94. The fourth-order valence-corrected chi connectivity index (χ4v) is 2.82. The highest BCUT2D eigenvalue weighted by atomic mass is 19.4. The zero-order valence-corrected chi connectivity index (χ0v) is 10.1. The summed E-state index contributed by atoms with van der Waals surface area (Å²) in [6.07, 6.45) is -0.217. The molecule has 2 aliphatic heterocycles. The van der Waals surface area contributed by atoms with Gasteiger partial charge in [0.2, 0.25) is 0 Å². The number of nitrogens with one attached hydrogen (secondary N) is 2. The molecule has 4 nitrogen and oxygen atoms in total. The van der Waals surface area contributed by atoms with Gasteiger partial charge in [0, 0.05) is 18.6 Å². The van der Waals surface area contributed by atoms with Crippen molar-refractivity contribution in [2.24, 2.45) is 0 Å². The van der Waals surface area contributed by atoms with E-state index in [1.807, 2.05) is 5.32 Å². The van der Waals surface area contributed by atoms with Gasteiger partial charge in [-0.05, 0) is 25.8 Å². The summed E-state index contributed by atoms with van der Waals surface area (Å²) in [7, 11) is 0. The Kier molecular flexibility index (Phi) is 3.99. The Hall–Kier alpha value is -0.980. The quantitative estimate of drug-likeness (QED) is 0.794. The third-order valence-electron chi connectivity index (χ3n) is 3.62. The average molecular weight is 265 g/mol. The van der Waals surface area contributed by atoms with Gasteiger partial charge in [-0.1, -0.05) is 6.42 Å². The van der Waals surface area contributed by atoms with Crippen molar-refractivity contribution < 1.29 is 18.0 Å². The lowest BCUT2D eigenvalue weighted by molar-refractivity contribution is -0.122. The van der Waals surface area contributed by atoms with Crippen LogP contribution in [0, 0.1) is 0 Å². The first-order chi connectivity index (χ1) is 8.46. The van der Waals surface area contributed by atoms with Gasteiger partial charge in [-0.15, -0.1) is 0 Å². The molecule has 0 saturated carbocycles. The van der Waals surface area contributed by atoms with Crippen LogP contribution in [0.15, 0.2) is 0 Å². The van der Waals surface area contributed by atoms with Crippen LogP contribution in [-0.2, 0) is 0 Å². The molecule has 0 aromatic heterocycles. The van der Waals surface area contributed by atoms with E-state index < -0.39 is 18.8 Å². The second kappa shape index (κ2) is 5.34. The lowest BCUT2D eigenvalue weighted by Gasteiger charge is -2.32. The number of urea groups is 1. The molecular weight excluding hydrogens is 247 g/mol. The van der Waals surface area contributed by atoms with Gasteiger partial charge in [0.25, 0.3) is 0 Å². The topological polar surface area (TPSA) is 44.4 Å². The van der Waals surface area contributed by atoms with E-state index >= 15 is 0 Å². The predicted molar refractivity (Wildman–Crippen MR) is 60.2 cm³/mol. The van der Waals surface area contributed by atoms with Crippen LogP contribution < -0.4 is 10.6 Å². The van der Waals surface area contributed by atoms with E-state index in [9.17, 15) is 18.0 Å². The first-order valence-electron chi connectivity index (χ1n) is 6.31. The van der Waals surface area contributed by atoms with Crippen molar-refractivity contribution >= 4 is 6.03 Å². The lowest BCUT2D eigenvalue weighted by atomic mass is 9.99. The molecule has 2 aliphatic rings. The Morgan fingerprint density at radius 3 is 2.72 bits per heavy atom. The number of piperidine rings is 1. The number of halogens is 3. The zero-order chi connectivity index (χ0) is 13.2. The van der Waals surface area contributed by atoms with E-state index in [2.05, 4.69) is 10.2 Å². The van der Waals surface area contributed by atoms with Crippen LogP contribution >= 0.6 is 0 Å². The summed E-state index contributed by atoms with van der Waals surface area (Å²) < 4.78 is 35.8. The van der Waals surface area contributed by atoms with E-state index in [4.69, 9.17) is 0 Å². The molecule has 2 amide bonds. The standard InChI is InChI=1S/C11H18F3N3O/c12-11(13,14)7-15-10(18)16-8-4-6-17-5-2-1-3-9(8)17/h8-9H,1-7H2,(H2,15,16,18). The molecule has 2 saturated heterocycles. The van der Waals surface area contributed by atoms with Crippen molar-refractivity contribution in [1.29, 1.82) is 0 Å². The fourth-order valence-electron chi connectivity index (χ4n) is 2.82. The lowest BCUT2D eigenvalue weighted by Crippen LogP contribution is -2.50. The molecule has 0 spiro atoms. The number of alkyl halides is 3. The second-order valence-electron chi connectivity index (χ2n) is 4.94. The third kappa shape index (κ3) is 3.51. The molecular formula is C11H18F3N3O. The maximum Gasteiger partial charge on any atom is 0.405 e. The van der Waals surface area contributed by atoms with E-state index in [0.717, 1.165) is 32.4 Å². The number of amides is 2. The van der Waals surface area contributed by atoms with Crippen LogP contribution in [0.2, 0.25) is 0 Å². The van der Waals surface area contributed by atoms with Crippen LogP contribution in [0.25, 0.3) is 0 Å². The number of fused-ring (bicyclic) bond motifs is 1. The third-order valence-corrected chi connectivity index (χ3v) is 3.62. The summed E-state index contributed by atoms with van der Waals surface area (Å²) in [5.74, 6) is 0. The molecule has 2 N–H and O–H groups in total. The Morgan fingerprint density at radius 1 is 1.22 bits per heavy atom. The minimum atomic E-state index is -4.36. The highest BCUT2D eigenvalue weighted by Crippen LogP contribution is 2.27. The van der Waals surface area contributed by atoms with Crippen molar-refractivity contribution in [1.82, 2.24) is 15.5 Å². The summed E-state index contributed by atoms with van der Waals surface area (Å²) in [6, 6.07) is -0.432. The number of nitrogens with zero attached hydrogens (tertiary/aromatic N) is 1. The number of carbonyl (C=O) groups excluding carboxylic acids is 1. The summed E-state index contributed by atoms with van der Waals surface area (Å²) in [4.78, 5) is 13.7. The first-order valence-corrected chi connectivity index (χ1v) is 6.31. The molecule has 0 radical (unpaired) electrons. The Morgan fingerprint density at radius 2 is 2.00 bits per heavy atom. The fraction of sp³-hybridized carbons (Fsp3) is 0.909. The van der Waals surface area contributed by atoms with Gasteiger partial charge in [0.1, 0.15) is 6.54 Å². The SMILES string of the molecule is O=C(NCC(F)(F)F)NC1CCN2CCCCC12. The molecule has 2 heterocycles. The highest BCUT2D eigenvalue weighted by Gasteiger charge is 2.36. The van der Waals surface area contributed by atoms with Gasteiger partial charge < -0.3 is 10.6 Å². The number of hydrogen-bond donors (Lipinski definition) is 2. The number of rotatable bonds is 2. The van der Waals surface area contributed by atoms with Crippen molar-refractivity contribution in [2.45, 2.75) is 43.9 Å². The molecule has 2 rings (SSSR count). The summed E-state index contributed by atoms with van der Waals surface area (Å²) >= 11 is 0. The van der Waals surface area contributed by atoms with Crippen LogP contribution in [0.4, 0.5) is 18.0 Å². The molecule has 2 fully saturated rings. The van der Waals surface area contributed by atoms with Gasteiger partial charge in [-0.3, -0.25) is 4.90 Å². The van der Waals surface area contributed by atoms with Crippen molar-refractivity contribution in [3.8, 4) is 0 Å². The van der Waals surface area contributed by atoms with Gasteiger partial charge in [-0.2, -0.15) is 13.2 Å². The van der Waals surface area contributed by atoms with Crippen molar-refractivity contribution in [3.05, 3.63) is 0 Å². The largest absolute Gasteiger partial charge is 0.405 e. The molecule has 0 aromatic rings. The van der Waals surface area contributed by atoms with Crippen LogP contribution in [-0.4, -0.2) is 48.8 Å². The predicted octanol–water partition coefficient (Wildman–Crippen LogP) is 1.47. The summed E-state index contributed by atoms with van der Waals surface area (Å²) in [6.45, 7) is 0.682. The summed E-state index contributed by atoms with van der Waals surface area (Å²) in [5.41, 5.74) is 0. The van der Waals surface area contributed by atoms with Gasteiger partial charge in [-0.25, -0.2) is 4.79 Å². The van der Waals surface area contributed by atoms with Gasteiger partial charge in [0.15, 0.2) is 0 Å². The zero-order valence-electron chi connectivity index (χ0n) is 10.1. The van der Waals surface area contributed by atoms with E-state index in [1.165, 1.54) is 6.42 Å². The van der Waals surface area contributed by atoms with E-state index in [1.54, 1.807) is 0 Å². The van der Waals surface area contributed by atoms with E-state index in [-0.39, 0.29) is 6.04 Å². The van der Waals surface area contributed by atoms with E-state index in [0.29, 0.717) is 6.04 Å². The molecule has 7 heteroatoms. The number of hydrogen-bond acceptors (Lipinski definition) is 2. The van der Waals surface area contributed by atoms with Crippen LogP contribution in [0.5, 0.6) is 0 Å². The molecule has 18 heavy (non-hydrogen) atoms. The first kappa shape index (κ1) is 13.5. The molecule has 2 unspecified atom stereocenters. The van der Waals surface area contributed by atoms with Crippen molar-refractivity contribution in [2.75, 3.05) is 19.6 Å². The normalized spacial score (nSPS) is 28.8. The van der Waals surface area contributed by atoms with Gasteiger partial charge >= 0.3 is 12.2 Å². The Labute approximate surface area is 104 Å². The molecule has 0 aliphatic carbocycles. The smallest absolute Gasteiger partial charge is 0.334 e. The maximum absolute atomic E-state index is 11.9. The minimum absolute atomic E-state index is 0.0152. The average Bonchev–Trinajstić information content (AvgIpc) is 2.70. The monoisotopic (exact) mass is 265 g/mol. The van der Waals surface area contributed by atoms with Gasteiger partial charge in [0.05, 0.1) is 0 Å². The van der Waals surface area contributed by atoms with Crippen molar-refractivity contribution in [3.63, 3.8) is 0 Å². The molecule has 0 aromatic carbocycles. The van der Waals surface area contributed by atoms with Crippen LogP contribution in [0.1, 0.15) is 25.7 Å². The van der Waals surface area contributed by atoms with Crippen LogP contribution in [0.3, 0.4) is 0 Å².